The molecule has 0 fully saturated rings. The molecule has 0 N–H and O–H groups in total. The molecule has 3 aliphatic heterocycles. The fourth-order valence-corrected chi connectivity index (χ4v) is 38.1. The summed E-state index contributed by atoms with van der Waals surface area (Å²) in [6.07, 6.45) is 7.59. The van der Waals surface area contributed by atoms with Crippen LogP contribution in [-0.2, 0) is 30.2 Å². The van der Waals surface area contributed by atoms with Gasteiger partial charge in [0.2, 0.25) is 0 Å². The van der Waals surface area contributed by atoms with Crippen LogP contribution in [0.1, 0.15) is 245 Å². The van der Waals surface area contributed by atoms with Crippen molar-refractivity contribution in [2.45, 2.75) is 313 Å². The summed E-state index contributed by atoms with van der Waals surface area (Å²) in [5.41, 5.74) is 37.8. The van der Waals surface area contributed by atoms with Crippen LogP contribution in [0.15, 0.2) is 66.6 Å². The van der Waals surface area contributed by atoms with Crippen molar-refractivity contribution in [1.82, 2.24) is 4.98 Å². The van der Waals surface area contributed by atoms with Crippen LogP contribution in [-0.4, -0.2) is 43.7 Å². The predicted molar refractivity (Wildman–Crippen MR) is 371 cm³/mol. The molecular formula is C72H116ClN3Si4Zn. The van der Waals surface area contributed by atoms with Gasteiger partial charge in [-0.1, -0.05) is 242 Å². The second-order valence-corrected chi connectivity index (χ2v) is 50.2. The summed E-state index contributed by atoms with van der Waals surface area (Å²) < 4.78 is 0. The Hall–Kier alpha value is -2.48. The maximum atomic E-state index is 6.21. The number of aromatic nitrogens is 1. The number of nitrogens with zero attached hydrogens (tertiary/aromatic N) is 3. The van der Waals surface area contributed by atoms with E-state index in [1.165, 1.54) is 39.0 Å². The molecule has 4 rings (SSSR count). The normalized spacial score (nSPS) is 19.2. The zero-order valence-corrected chi connectivity index (χ0v) is 65.5. The molecule has 0 atom stereocenters. The Morgan fingerprint density at radius 1 is 0.407 bits per heavy atom. The van der Waals surface area contributed by atoms with Gasteiger partial charge in [-0.05, 0) is 139 Å². The zero-order valence-electron chi connectivity index (χ0n) is 57.8. The first-order chi connectivity index (χ1) is 37.8. The van der Waals surface area contributed by atoms with Crippen LogP contribution in [0.2, 0.25) is 66.5 Å². The van der Waals surface area contributed by atoms with Gasteiger partial charge in [-0.2, -0.15) is 0 Å². The second-order valence-electron chi connectivity index (χ2n) is 27.7. The Balaban J connectivity index is 0.00000851. The number of aliphatic imine (C=N–C) groups is 2. The summed E-state index contributed by atoms with van der Waals surface area (Å²) in [5, 5.41) is 2.02. The van der Waals surface area contributed by atoms with Crippen molar-refractivity contribution in [2.75, 3.05) is 0 Å². The van der Waals surface area contributed by atoms with E-state index in [9.17, 15) is 0 Å². The van der Waals surface area contributed by atoms with Crippen molar-refractivity contribution < 1.29 is 17.3 Å². The molecule has 1 aromatic heterocycles. The van der Waals surface area contributed by atoms with Gasteiger partial charge in [0.1, 0.15) is 24.2 Å². The van der Waals surface area contributed by atoms with Crippen LogP contribution in [0, 0.1) is 34.4 Å². The number of halogens is 1. The van der Waals surface area contributed by atoms with E-state index in [1.54, 1.807) is 0 Å². The van der Waals surface area contributed by atoms with E-state index in [1.807, 2.05) is 0 Å². The van der Waals surface area contributed by atoms with Crippen molar-refractivity contribution in [3.8, 4) is 34.4 Å². The summed E-state index contributed by atoms with van der Waals surface area (Å²) >= 11 is 0.847. The van der Waals surface area contributed by atoms with E-state index in [2.05, 4.69) is 254 Å². The minimum atomic E-state index is -2.28. The quantitative estimate of drug-likeness (QED) is 0.100. The van der Waals surface area contributed by atoms with E-state index in [0.717, 1.165) is 106 Å². The fraction of sp³-hybridized carbons (Fsp3) is 0.667. The molecule has 0 radical (unpaired) electrons. The molecule has 4 heterocycles. The Morgan fingerprint density at radius 2 is 0.704 bits per heavy atom. The summed E-state index contributed by atoms with van der Waals surface area (Å²) in [5.74, 6) is 12.6. The fourth-order valence-electron chi connectivity index (χ4n) is 16.7. The third kappa shape index (κ3) is 13.6. The van der Waals surface area contributed by atoms with Gasteiger partial charge in [-0.25, -0.2) is 9.98 Å². The minimum absolute atomic E-state index is 0.470. The molecule has 0 unspecified atom stereocenters. The number of rotatable bonds is 19. The van der Waals surface area contributed by atoms with E-state index < -0.39 is 32.3 Å². The molecule has 9 heteroatoms. The number of allylic oxidation sites excluding steroid dienone is 7. The average molecular weight is 1240 g/mol. The van der Waals surface area contributed by atoms with Crippen molar-refractivity contribution in [3.05, 3.63) is 78.4 Å². The van der Waals surface area contributed by atoms with Gasteiger partial charge in [0.05, 0.1) is 36.5 Å². The van der Waals surface area contributed by atoms with Gasteiger partial charge < -0.3 is 4.98 Å². The van der Waals surface area contributed by atoms with Crippen molar-refractivity contribution in [1.29, 1.82) is 0 Å². The average Bonchev–Trinajstić information content (AvgIpc) is 4.14. The molecule has 0 saturated carbocycles. The number of hydrogen-bond donors (Lipinski definition) is 0. The molecule has 1 aromatic rings. The third-order valence-electron chi connectivity index (χ3n) is 20.6. The monoisotopic (exact) mass is 1230 g/mol. The molecule has 0 aliphatic carbocycles. The first kappa shape index (κ1) is 72.8. The Bertz CT molecular complexity index is 2880. The molecule has 81 heavy (non-hydrogen) atoms. The van der Waals surface area contributed by atoms with E-state index in [0.29, 0.717) is 66.5 Å². The molecule has 3 nitrogen and oxygen atoms in total. The SMILES string of the molecule is CCC1=C(CC)/C2=C/C(=C\[Si](C(C)C)(C(C)C)C(C)C)C(/C#C[Si](C(C)C)(C(C)C)C(C)C)=C3N=C(C(CC)=C\3CC)/C(C#C[Si](C(C)C)(C(C)C)C(C)C)=c3\[n-]/c(c(CC)c3CC)=C(/C#C[Si](C(C)C)(C(C)C)C(C)C)C1=N2.[Cl][Zn+]. The second kappa shape index (κ2) is 30.2. The van der Waals surface area contributed by atoms with E-state index in [4.69, 9.17) is 24.7 Å². The third-order valence-corrected chi connectivity index (χ3v) is 46.3. The summed E-state index contributed by atoms with van der Waals surface area (Å²) in [4.78, 5) is 18.4. The van der Waals surface area contributed by atoms with Crippen LogP contribution >= 0.6 is 9.69 Å². The van der Waals surface area contributed by atoms with Gasteiger partial charge in [0.25, 0.3) is 0 Å². The van der Waals surface area contributed by atoms with E-state index in [-0.39, 0.29) is 0 Å². The van der Waals surface area contributed by atoms with Crippen molar-refractivity contribution >= 4 is 64.6 Å². The predicted octanol–water partition coefficient (Wildman–Crippen LogP) is 20.9. The van der Waals surface area contributed by atoms with E-state index >= 15 is 0 Å². The molecule has 0 saturated heterocycles. The van der Waals surface area contributed by atoms with Crippen LogP contribution in [0.5, 0.6) is 0 Å². The van der Waals surface area contributed by atoms with Crippen LogP contribution in [0.3, 0.4) is 0 Å². The first-order valence-corrected chi connectivity index (χ1v) is 45.4. The van der Waals surface area contributed by atoms with Crippen LogP contribution in [0.4, 0.5) is 0 Å². The first-order valence-electron chi connectivity index (χ1n) is 32.4. The summed E-state index contributed by atoms with van der Waals surface area (Å²) in [6.45, 7) is 73.1. The van der Waals surface area contributed by atoms with Crippen LogP contribution in [0.25, 0.3) is 11.1 Å². The Labute approximate surface area is 518 Å². The summed E-state index contributed by atoms with van der Waals surface area (Å²) in [7, 11) is -4.27. The molecular weight excluding hydrogens is 1120 g/mol. The Morgan fingerprint density at radius 3 is 0.988 bits per heavy atom. The van der Waals surface area contributed by atoms with Gasteiger partial charge in [0.15, 0.2) is 0 Å². The molecule has 0 amide bonds. The van der Waals surface area contributed by atoms with Crippen molar-refractivity contribution in [2.24, 2.45) is 9.98 Å². The molecule has 3 aliphatic rings. The number of fused-ring (bicyclic) bond motifs is 4. The molecule has 0 spiro atoms. The standard InChI is InChI=1S/C72H116N3Si4.ClH.Zn/c1-31-58-59(32-2)69-65(38-41-77(48(13)14,49(15)16)50(17)18)70-62(35-5)63(36-6)72(75-70)66(39-42-78(51(19)20,52(21)22)53(23)24)71-61(34-4)60(33-3)68(74-71)64(37-40-76(45(7)8,46(9)10)47(11)12)57(43-67(58)73-69)44-79(54(25)26,55(27)28)56(29)30;;/h43-56H,31-36H2,1-30H3;1H;/q-1;;+2/p-1/b57-44+,67-43-,68-64-,70-65-,72-66-;;. The number of hydrogen-bond acceptors (Lipinski definition) is 2. The summed E-state index contributed by atoms with van der Waals surface area (Å²) in [6, 6.07) is 0. The molecule has 444 valence electrons. The Kier molecular flexibility index (Phi) is 27.2. The maximum absolute atomic E-state index is 6.21. The molecule has 6 bridgehead atoms. The molecule has 0 aromatic carbocycles. The van der Waals surface area contributed by atoms with Crippen molar-refractivity contribution in [3.63, 3.8) is 0 Å². The zero-order chi connectivity index (χ0) is 62.2. The van der Waals surface area contributed by atoms with Gasteiger partial charge in [-0.15, -0.1) is 27.3 Å². The topological polar surface area (TPSA) is 38.8 Å². The van der Waals surface area contributed by atoms with Gasteiger partial charge in [-0.3, -0.25) is 0 Å². The van der Waals surface area contributed by atoms with Gasteiger partial charge in [0, 0.05) is 11.1 Å². The van der Waals surface area contributed by atoms with Crippen LogP contribution < -0.4 is 15.7 Å². The van der Waals surface area contributed by atoms with Gasteiger partial charge >= 0.3 is 27.0 Å².